The first-order chi connectivity index (χ1) is 4.31. The molecule has 0 aromatic rings. The molecule has 0 aromatic heterocycles. The zero-order valence-corrected chi connectivity index (χ0v) is 7.73. The molecule has 0 bridgehead atoms. The molecule has 1 fully saturated rings. The monoisotopic (exact) mass is 141 g/mol. The standard InChI is InChI=1S/C9H19N/c1-6-8(2,3)7(10)9(6,4)5/h6-7H,10H2,1-5H3. The van der Waals surface area contributed by atoms with Crippen LogP contribution in [0.2, 0.25) is 0 Å². The van der Waals surface area contributed by atoms with Gasteiger partial charge in [0.15, 0.2) is 0 Å². The lowest BCUT2D eigenvalue weighted by molar-refractivity contribution is -0.0969. The topological polar surface area (TPSA) is 26.0 Å². The maximum absolute atomic E-state index is 6.02. The van der Waals surface area contributed by atoms with E-state index in [0.29, 0.717) is 16.9 Å². The molecular formula is C9H19N. The third-order valence-corrected chi connectivity index (χ3v) is 3.84. The zero-order valence-electron chi connectivity index (χ0n) is 7.73. The number of rotatable bonds is 0. The van der Waals surface area contributed by atoms with E-state index in [2.05, 4.69) is 34.6 Å². The van der Waals surface area contributed by atoms with Gasteiger partial charge < -0.3 is 5.73 Å². The van der Waals surface area contributed by atoms with Crippen LogP contribution in [0.4, 0.5) is 0 Å². The molecule has 0 aliphatic heterocycles. The predicted octanol–water partition coefficient (Wildman–Crippen LogP) is 2.02. The molecule has 10 heavy (non-hydrogen) atoms. The Balaban J connectivity index is 2.78. The second-order valence-electron chi connectivity index (χ2n) is 4.84. The van der Waals surface area contributed by atoms with Crippen molar-refractivity contribution in [1.82, 2.24) is 0 Å². The van der Waals surface area contributed by atoms with Gasteiger partial charge in [0, 0.05) is 6.04 Å². The number of hydrogen-bond acceptors (Lipinski definition) is 1. The highest BCUT2D eigenvalue weighted by Gasteiger charge is 2.57. The van der Waals surface area contributed by atoms with Crippen LogP contribution < -0.4 is 5.73 Å². The van der Waals surface area contributed by atoms with E-state index in [9.17, 15) is 0 Å². The number of hydrogen-bond donors (Lipinski definition) is 1. The van der Waals surface area contributed by atoms with Crippen molar-refractivity contribution in [3.8, 4) is 0 Å². The Kier molecular flexibility index (Phi) is 1.42. The lowest BCUT2D eigenvalue weighted by atomic mass is 9.45. The highest BCUT2D eigenvalue weighted by molar-refractivity contribution is 5.09. The molecule has 1 saturated carbocycles. The SMILES string of the molecule is CC1C(C)(C)C(N)C1(C)C. The summed E-state index contributed by atoms with van der Waals surface area (Å²) in [6.45, 7) is 11.3. The minimum atomic E-state index is 0.351. The summed E-state index contributed by atoms with van der Waals surface area (Å²) in [5.41, 5.74) is 6.73. The van der Waals surface area contributed by atoms with Crippen molar-refractivity contribution in [3.05, 3.63) is 0 Å². The molecule has 1 heteroatoms. The van der Waals surface area contributed by atoms with E-state index in [4.69, 9.17) is 5.73 Å². The minimum absolute atomic E-state index is 0.351. The third kappa shape index (κ3) is 0.672. The molecule has 2 N–H and O–H groups in total. The molecule has 1 aliphatic rings. The average Bonchev–Trinajstić information content (AvgIpc) is 1.84. The molecule has 0 amide bonds. The van der Waals surface area contributed by atoms with E-state index in [1.54, 1.807) is 0 Å². The van der Waals surface area contributed by atoms with Crippen LogP contribution in [-0.4, -0.2) is 6.04 Å². The zero-order chi connectivity index (χ0) is 8.15. The molecule has 60 valence electrons. The van der Waals surface area contributed by atoms with Crippen molar-refractivity contribution in [3.63, 3.8) is 0 Å². The van der Waals surface area contributed by atoms with Gasteiger partial charge in [-0.3, -0.25) is 0 Å². The molecule has 0 spiro atoms. The lowest BCUT2D eigenvalue weighted by Crippen LogP contribution is -2.66. The minimum Gasteiger partial charge on any atom is -0.327 e. The molecule has 0 heterocycles. The first-order valence-electron chi connectivity index (χ1n) is 4.07. The van der Waals surface area contributed by atoms with Crippen LogP contribution in [0.1, 0.15) is 34.6 Å². The van der Waals surface area contributed by atoms with Gasteiger partial charge in [-0.1, -0.05) is 34.6 Å². The molecular weight excluding hydrogens is 122 g/mol. The summed E-state index contributed by atoms with van der Waals surface area (Å²) in [6, 6.07) is 0.370. The summed E-state index contributed by atoms with van der Waals surface area (Å²) < 4.78 is 0. The Morgan fingerprint density at radius 2 is 1.30 bits per heavy atom. The smallest absolute Gasteiger partial charge is 0.0147 e. The van der Waals surface area contributed by atoms with Gasteiger partial charge in [-0.25, -0.2) is 0 Å². The van der Waals surface area contributed by atoms with Crippen LogP contribution in [0.3, 0.4) is 0 Å². The first-order valence-corrected chi connectivity index (χ1v) is 4.07. The molecule has 0 unspecified atom stereocenters. The fraction of sp³-hybridized carbons (Fsp3) is 1.00. The van der Waals surface area contributed by atoms with Gasteiger partial charge in [0.05, 0.1) is 0 Å². The Morgan fingerprint density at radius 3 is 1.40 bits per heavy atom. The van der Waals surface area contributed by atoms with Gasteiger partial charge in [0.1, 0.15) is 0 Å². The van der Waals surface area contributed by atoms with Crippen LogP contribution in [0.5, 0.6) is 0 Å². The average molecular weight is 141 g/mol. The van der Waals surface area contributed by atoms with Gasteiger partial charge in [0.25, 0.3) is 0 Å². The highest BCUT2D eigenvalue weighted by atomic mass is 14.8. The quantitative estimate of drug-likeness (QED) is 0.548. The Labute approximate surface area is 64.0 Å². The third-order valence-electron chi connectivity index (χ3n) is 3.84. The highest BCUT2D eigenvalue weighted by Crippen LogP contribution is 2.57. The Morgan fingerprint density at radius 1 is 1.00 bits per heavy atom. The van der Waals surface area contributed by atoms with Gasteiger partial charge in [-0.15, -0.1) is 0 Å². The predicted molar refractivity (Wildman–Crippen MR) is 44.7 cm³/mol. The second-order valence-corrected chi connectivity index (χ2v) is 4.84. The van der Waals surface area contributed by atoms with Crippen molar-refractivity contribution in [2.75, 3.05) is 0 Å². The molecule has 1 aliphatic carbocycles. The van der Waals surface area contributed by atoms with Crippen LogP contribution in [0.15, 0.2) is 0 Å². The van der Waals surface area contributed by atoms with Crippen molar-refractivity contribution < 1.29 is 0 Å². The fourth-order valence-corrected chi connectivity index (χ4v) is 2.36. The van der Waals surface area contributed by atoms with E-state index >= 15 is 0 Å². The molecule has 0 radical (unpaired) electrons. The molecule has 0 aromatic carbocycles. The molecule has 1 rings (SSSR count). The van der Waals surface area contributed by atoms with E-state index in [1.807, 2.05) is 0 Å². The summed E-state index contributed by atoms with van der Waals surface area (Å²) in [5.74, 6) is 0.745. The second kappa shape index (κ2) is 1.76. The van der Waals surface area contributed by atoms with Crippen molar-refractivity contribution in [1.29, 1.82) is 0 Å². The van der Waals surface area contributed by atoms with E-state index < -0.39 is 0 Å². The Hall–Kier alpha value is -0.0400. The molecule has 0 atom stereocenters. The summed E-state index contributed by atoms with van der Waals surface area (Å²) in [6.07, 6.45) is 0. The van der Waals surface area contributed by atoms with Crippen molar-refractivity contribution >= 4 is 0 Å². The van der Waals surface area contributed by atoms with Crippen LogP contribution in [0.25, 0.3) is 0 Å². The summed E-state index contributed by atoms with van der Waals surface area (Å²) in [7, 11) is 0. The van der Waals surface area contributed by atoms with Crippen molar-refractivity contribution in [2.45, 2.75) is 40.7 Å². The Bertz CT molecular complexity index is 117. The van der Waals surface area contributed by atoms with Crippen LogP contribution >= 0.6 is 0 Å². The molecule has 1 nitrogen and oxygen atoms in total. The van der Waals surface area contributed by atoms with E-state index in [0.717, 1.165) is 5.92 Å². The van der Waals surface area contributed by atoms with E-state index in [1.165, 1.54) is 0 Å². The maximum Gasteiger partial charge on any atom is 0.0147 e. The summed E-state index contributed by atoms with van der Waals surface area (Å²) in [4.78, 5) is 0. The van der Waals surface area contributed by atoms with Gasteiger partial charge in [-0.2, -0.15) is 0 Å². The summed E-state index contributed by atoms with van der Waals surface area (Å²) >= 11 is 0. The van der Waals surface area contributed by atoms with Crippen LogP contribution in [-0.2, 0) is 0 Å². The molecule has 0 saturated heterocycles. The van der Waals surface area contributed by atoms with E-state index in [-0.39, 0.29) is 0 Å². The largest absolute Gasteiger partial charge is 0.327 e. The van der Waals surface area contributed by atoms with Crippen LogP contribution in [0, 0.1) is 16.7 Å². The van der Waals surface area contributed by atoms with Gasteiger partial charge in [0.2, 0.25) is 0 Å². The number of nitrogens with two attached hydrogens (primary N) is 1. The van der Waals surface area contributed by atoms with Gasteiger partial charge in [-0.05, 0) is 16.7 Å². The summed E-state index contributed by atoms with van der Waals surface area (Å²) in [5, 5.41) is 0. The van der Waals surface area contributed by atoms with Crippen molar-refractivity contribution in [2.24, 2.45) is 22.5 Å². The fourth-order valence-electron chi connectivity index (χ4n) is 2.36. The maximum atomic E-state index is 6.02. The normalized spacial score (nSPS) is 42.6. The first kappa shape index (κ1) is 8.06. The van der Waals surface area contributed by atoms with Gasteiger partial charge >= 0.3 is 0 Å². The lowest BCUT2D eigenvalue weighted by Gasteiger charge is -2.62.